The monoisotopic (exact) mass is 166 g/mol. The molecule has 0 spiro atoms. The van der Waals surface area contributed by atoms with E-state index in [0.29, 0.717) is 6.54 Å². The molecule has 0 amide bonds. The molecule has 1 rings (SSSR count). The molecule has 4 heteroatoms. The van der Waals surface area contributed by atoms with Crippen LogP contribution in [0.4, 0.5) is 0 Å². The lowest BCUT2D eigenvalue weighted by atomic mass is 10.2. The Bertz CT molecular complexity index is 212. The fourth-order valence-electron chi connectivity index (χ4n) is 0.939. The van der Waals surface area contributed by atoms with Gasteiger partial charge in [-0.15, -0.1) is 0 Å². The highest BCUT2D eigenvalue weighted by Crippen LogP contribution is 2.04. The number of hydrogen-bond donors (Lipinski definition) is 2. The van der Waals surface area contributed by atoms with Gasteiger partial charge in [0.1, 0.15) is 0 Å². The van der Waals surface area contributed by atoms with Crippen molar-refractivity contribution >= 4 is 0 Å². The highest BCUT2D eigenvalue weighted by Gasteiger charge is 2.03. The van der Waals surface area contributed by atoms with E-state index >= 15 is 0 Å². The second-order valence-corrected chi connectivity index (χ2v) is 2.59. The summed E-state index contributed by atoms with van der Waals surface area (Å²) >= 11 is 0. The van der Waals surface area contributed by atoms with E-state index in [9.17, 15) is 0 Å². The zero-order chi connectivity index (χ0) is 8.81. The molecule has 0 aromatic carbocycles. The molecule has 0 fully saturated rings. The minimum absolute atomic E-state index is 0.224. The van der Waals surface area contributed by atoms with Crippen molar-refractivity contribution in [1.82, 2.24) is 15.3 Å². The molecule has 0 bridgehead atoms. The normalized spacial score (nSPS) is 12.8. The maximum atomic E-state index is 5.36. The van der Waals surface area contributed by atoms with Crippen LogP contribution in [0, 0.1) is 0 Å². The largest absolute Gasteiger partial charge is 0.329 e. The van der Waals surface area contributed by atoms with Crippen molar-refractivity contribution in [2.75, 3.05) is 13.1 Å². The van der Waals surface area contributed by atoms with Gasteiger partial charge in [-0.25, -0.2) is 0 Å². The number of nitrogens with zero attached hydrogens (tertiary/aromatic N) is 2. The summed E-state index contributed by atoms with van der Waals surface area (Å²) in [6, 6.07) is 0.224. The zero-order valence-electron chi connectivity index (χ0n) is 7.20. The molecule has 66 valence electrons. The van der Waals surface area contributed by atoms with Gasteiger partial charge in [-0.1, -0.05) is 0 Å². The van der Waals surface area contributed by atoms with Gasteiger partial charge in [0.15, 0.2) is 0 Å². The quantitative estimate of drug-likeness (QED) is 0.665. The van der Waals surface area contributed by atoms with Crippen LogP contribution in [-0.2, 0) is 0 Å². The summed E-state index contributed by atoms with van der Waals surface area (Å²) in [6.07, 6.45) is 5.11. The van der Waals surface area contributed by atoms with E-state index in [1.54, 1.807) is 18.6 Å². The molecule has 0 saturated carbocycles. The lowest BCUT2D eigenvalue weighted by Gasteiger charge is -2.10. The van der Waals surface area contributed by atoms with Crippen molar-refractivity contribution in [2.24, 2.45) is 5.73 Å². The standard InChI is InChI=1S/C8H14N4/c1-7(11-3-2-9)8-6-10-4-5-12-8/h4-7,11H,2-3,9H2,1H3. The summed E-state index contributed by atoms with van der Waals surface area (Å²) in [5.41, 5.74) is 6.31. The van der Waals surface area contributed by atoms with Crippen molar-refractivity contribution in [3.8, 4) is 0 Å². The Balaban J connectivity index is 2.48. The minimum Gasteiger partial charge on any atom is -0.329 e. The number of aromatic nitrogens is 2. The van der Waals surface area contributed by atoms with Gasteiger partial charge in [0.05, 0.1) is 5.69 Å². The first kappa shape index (κ1) is 9.09. The van der Waals surface area contributed by atoms with E-state index < -0.39 is 0 Å². The molecule has 12 heavy (non-hydrogen) atoms. The van der Waals surface area contributed by atoms with Crippen LogP contribution in [0.1, 0.15) is 18.7 Å². The summed E-state index contributed by atoms with van der Waals surface area (Å²) in [4.78, 5) is 8.15. The average molecular weight is 166 g/mol. The summed E-state index contributed by atoms with van der Waals surface area (Å²) in [5, 5.41) is 3.22. The molecule has 1 atom stereocenters. The zero-order valence-corrected chi connectivity index (χ0v) is 7.20. The molecule has 0 aliphatic carbocycles. The third-order valence-electron chi connectivity index (χ3n) is 1.62. The van der Waals surface area contributed by atoms with Gasteiger partial charge in [-0.3, -0.25) is 9.97 Å². The van der Waals surface area contributed by atoms with Crippen molar-refractivity contribution in [2.45, 2.75) is 13.0 Å². The number of hydrogen-bond acceptors (Lipinski definition) is 4. The van der Waals surface area contributed by atoms with Crippen molar-refractivity contribution in [1.29, 1.82) is 0 Å². The Morgan fingerprint density at radius 2 is 2.42 bits per heavy atom. The summed E-state index contributed by atoms with van der Waals surface area (Å²) in [7, 11) is 0. The maximum Gasteiger partial charge on any atom is 0.0753 e. The van der Waals surface area contributed by atoms with Crippen LogP contribution >= 0.6 is 0 Å². The first-order chi connectivity index (χ1) is 5.84. The van der Waals surface area contributed by atoms with Crippen molar-refractivity contribution < 1.29 is 0 Å². The van der Waals surface area contributed by atoms with Crippen LogP contribution in [0.2, 0.25) is 0 Å². The lowest BCUT2D eigenvalue weighted by molar-refractivity contribution is 0.567. The van der Waals surface area contributed by atoms with Crippen molar-refractivity contribution in [3.63, 3.8) is 0 Å². The van der Waals surface area contributed by atoms with E-state index in [2.05, 4.69) is 15.3 Å². The summed E-state index contributed by atoms with van der Waals surface area (Å²) in [6.45, 7) is 3.49. The van der Waals surface area contributed by atoms with Crippen molar-refractivity contribution in [3.05, 3.63) is 24.3 Å². The second-order valence-electron chi connectivity index (χ2n) is 2.59. The van der Waals surface area contributed by atoms with Gasteiger partial charge >= 0.3 is 0 Å². The molecule has 0 saturated heterocycles. The van der Waals surface area contributed by atoms with E-state index in [4.69, 9.17) is 5.73 Å². The molecule has 1 aromatic rings. The lowest BCUT2D eigenvalue weighted by Crippen LogP contribution is -2.25. The van der Waals surface area contributed by atoms with Gasteiger partial charge < -0.3 is 11.1 Å². The summed E-state index contributed by atoms with van der Waals surface area (Å²) < 4.78 is 0. The SMILES string of the molecule is CC(NCCN)c1cnccn1. The predicted octanol–water partition coefficient (Wildman–Crippen LogP) is 0.0859. The Hall–Kier alpha value is -1.00. The van der Waals surface area contributed by atoms with E-state index in [1.807, 2.05) is 6.92 Å². The number of rotatable bonds is 4. The fourth-order valence-corrected chi connectivity index (χ4v) is 0.939. The third kappa shape index (κ3) is 2.56. The molecule has 0 aliphatic heterocycles. The average Bonchev–Trinajstić information content (AvgIpc) is 2.15. The summed E-state index contributed by atoms with van der Waals surface area (Å²) in [5.74, 6) is 0. The Labute approximate surface area is 72.2 Å². The van der Waals surface area contributed by atoms with Crippen LogP contribution in [0.15, 0.2) is 18.6 Å². The second kappa shape index (κ2) is 4.79. The predicted molar refractivity (Wildman–Crippen MR) is 47.5 cm³/mol. The van der Waals surface area contributed by atoms with Gasteiger partial charge in [0.25, 0.3) is 0 Å². The van der Waals surface area contributed by atoms with Crippen LogP contribution in [0.3, 0.4) is 0 Å². The Kier molecular flexibility index (Phi) is 3.63. The maximum absolute atomic E-state index is 5.36. The van der Waals surface area contributed by atoms with Gasteiger partial charge in [-0.05, 0) is 6.92 Å². The first-order valence-electron chi connectivity index (χ1n) is 4.04. The first-order valence-corrected chi connectivity index (χ1v) is 4.04. The smallest absolute Gasteiger partial charge is 0.0753 e. The van der Waals surface area contributed by atoms with Crippen LogP contribution in [0.5, 0.6) is 0 Å². The highest BCUT2D eigenvalue weighted by atomic mass is 14.9. The molecule has 1 heterocycles. The van der Waals surface area contributed by atoms with Gasteiger partial charge in [0.2, 0.25) is 0 Å². The topological polar surface area (TPSA) is 63.8 Å². The van der Waals surface area contributed by atoms with Crippen LogP contribution in [0.25, 0.3) is 0 Å². The molecule has 1 aromatic heterocycles. The Morgan fingerprint density at radius 3 is 3.00 bits per heavy atom. The van der Waals surface area contributed by atoms with Crippen LogP contribution < -0.4 is 11.1 Å². The van der Waals surface area contributed by atoms with Gasteiger partial charge in [0, 0.05) is 37.7 Å². The molecule has 0 aliphatic rings. The number of nitrogens with two attached hydrogens (primary N) is 1. The van der Waals surface area contributed by atoms with E-state index in [-0.39, 0.29) is 6.04 Å². The van der Waals surface area contributed by atoms with E-state index in [1.165, 1.54) is 0 Å². The molecular formula is C8H14N4. The Morgan fingerprint density at radius 1 is 1.58 bits per heavy atom. The van der Waals surface area contributed by atoms with Gasteiger partial charge in [-0.2, -0.15) is 0 Å². The molecule has 0 radical (unpaired) electrons. The number of nitrogens with one attached hydrogen (secondary N) is 1. The minimum atomic E-state index is 0.224. The highest BCUT2D eigenvalue weighted by molar-refractivity contribution is 5.00. The van der Waals surface area contributed by atoms with E-state index in [0.717, 1.165) is 12.2 Å². The molecule has 1 unspecified atom stereocenters. The molecule has 3 N–H and O–H groups in total. The molecular weight excluding hydrogens is 152 g/mol. The third-order valence-corrected chi connectivity index (χ3v) is 1.62. The molecule has 4 nitrogen and oxygen atoms in total. The van der Waals surface area contributed by atoms with Crippen LogP contribution in [-0.4, -0.2) is 23.1 Å². The fraction of sp³-hybridized carbons (Fsp3) is 0.500.